The molecule has 2 rings (SSSR count). The maximum atomic E-state index is 12.8. The molecule has 1 N–H and O–H groups in total. The number of esters is 1. The summed E-state index contributed by atoms with van der Waals surface area (Å²) in [4.78, 5) is 24.2. The Kier molecular flexibility index (Phi) is 6.77. The molecule has 28 heavy (non-hydrogen) atoms. The van der Waals surface area contributed by atoms with Gasteiger partial charge in [0, 0.05) is 6.42 Å². The third-order valence-electron chi connectivity index (χ3n) is 3.96. The zero-order chi connectivity index (χ0) is 20.7. The Morgan fingerprint density at radius 1 is 1.14 bits per heavy atom. The molecule has 2 aromatic carbocycles. The minimum absolute atomic E-state index is 0.118. The van der Waals surface area contributed by atoms with Gasteiger partial charge in [-0.1, -0.05) is 30.3 Å². The van der Waals surface area contributed by atoms with Crippen molar-refractivity contribution in [3.05, 3.63) is 70.8 Å². The summed E-state index contributed by atoms with van der Waals surface area (Å²) in [7, 11) is 1.17. The molecule has 8 heteroatoms. The lowest BCUT2D eigenvalue weighted by Crippen LogP contribution is -2.43. The zero-order valence-corrected chi connectivity index (χ0v) is 14.9. The van der Waals surface area contributed by atoms with Crippen LogP contribution in [0.1, 0.15) is 22.3 Å². The second kappa shape index (κ2) is 9.04. The summed E-state index contributed by atoms with van der Waals surface area (Å²) in [6.45, 7) is 0. The lowest BCUT2D eigenvalue weighted by atomic mass is 10.0. The fourth-order valence-electron chi connectivity index (χ4n) is 2.57. The number of nitrogens with one attached hydrogen (secondary N) is 1. The maximum absolute atomic E-state index is 12.8. The van der Waals surface area contributed by atoms with Crippen LogP contribution in [0.15, 0.2) is 48.5 Å². The fraction of sp³-hybridized carbons (Fsp3) is 0.250. The van der Waals surface area contributed by atoms with Crippen molar-refractivity contribution in [2.24, 2.45) is 0 Å². The molecule has 0 spiro atoms. The summed E-state index contributed by atoms with van der Waals surface area (Å²) in [5.74, 6) is -1.29. The van der Waals surface area contributed by atoms with Crippen LogP contribution in [0.25, 0.3) is 0 Å². The molecule has 2 aromatic rings. The van der Waals surface area contributed by atoms with Crippen LogP contribution in [-0.2, 0) is 33.3 Å². The van der Waals surface area contributed by atoms with E-state index in [4.69, 9.17) is 5.26 Å². The number of methoxy groups -OCH3 is 1. The average molecular weight is 390 g/mol. The van der Waals surface area contributed by atoms with E-state index >= 15 is 0 Å². The standard InChI is InChI=1S/C20H17F3N2O3/c1-28-19(27)17(10-13-5-7-14(12-24)8-6-13)25-18(26)11-15-3-2-4-16(9-15)20(21,22)23/h2-9,17H,10-11H2,1H3,(H,25,26)/t17-/m1/s1. The molecule has 146 valence electrons. The van der Waals surface area contributed by atoms with Crippen molar-refractivity contribution in [1.82, 2.24) is 5.32 Å². The van der Waals surface area contributed by atoms with Crippen LogP contribution >= 0.6 is 0 Å². The maximum Gasteiger partial charge on any atom is 0.416 e. The number of hydrogen-bond acceptors (Lipinski definition) is 4. The van der Waals surface area contributed by atoms with Crippen molar-refractivity contribution in [3.63, 3.8) is 0 Å². The molecule has 0 radical (unpaired) electrons. The molecule has 0 aromatic heterocycles. The molecule has 5 nitrogen and oxygen atoms in total. The highest BCUT2D eigenvalue weighted by molar-refractivity contribution is 5.85. The van der Waals surface area contributed by atoms with Gasteiger partial charge in [-0.3, -0.25) is 4.79 Å². The van der Waals surface area contributed by atoms with Crippen LogP contribution in [-0.4, -0.2) is 25.0 Å². The Labute approximate surface area is 159 Å². The van der Waals surface area contributed by atoms with Crippen molar-refractivity contribution in [1.29, 1.82) is 5.26 Å². The van der Waals surface area contributed by atoms with Crippen LogP contribution in [0.4, 0.5) is 13.2 Å². The molecule has 0 saturated carbocycles. The summed E-state index contributed by atoms with van der Waals surface area (Å²) in [6.07, 6.45) is -4.70. The first-order valence-corrected chi connectivity index (χ1v) is 8.25. The molecule has 0 bridgehead atoms. The van der Waals surface area contributed by atoms with Gasteiger partial charge in [0.05, 0.1) is 30.7 Å². The normalized spacial score (nSPS) is 12.0. The van der Waals surface area contributed by atoms with Crippen molar-refractivity contribution < 1.29 is 27.5 Å². The largest absolute Gasteiger partial charge is 0.467 e. The van der Waals surface area contributed by atoms with Gasteiger partial charge in [0.2, 0.25) is 5.91 Å². The molecule has 0 aliphatic rings. The Balaban J connectivity index is 2.08. The van der Waals surface area contributed by atoms with E-state index in [0.717, 1.165) is 12.1 Å². The molecule has 0 heterocycles. The molecule has 0 fully saturated rings. The molecule has 1 atom stereocenters. The average Bonchev–Trinajstić information content (AvgIpc) is 2.67. The van der Waals surface area contributed by atoms with Crippen molar-refractivity contribution in [2.45, 2.75) is 25.1 Å². The lowest BCUT2D eigenvalue weighted by molar-refractivity contribution is -0.145. The second-order valence-corrected chi connectivity index (χ2v) is 6.03. The van der Waals surface area contributed by atoms with Gasteiger partial charge >= 0.3 is 12.1 Å². The van der Waals surface area contributed by atoms with Crippen LogP contribution in [0.2, 0.25) is 0 Å². The van der Waals surface area contributed by atoms with Gasteiger partial charge in [0.1, 0.15) is 6.04 Å². The van der Waals surface area contributed by atoms with Crippen LogP contribution in [0, 0.1) is 11.3 Å². The van der Waals surface area contributed by atoms with Gasteiger partial charge < -0.3 is 10.1 Å². The van der Waals surface area contributed by atoms with Crippen LogP contribution in [0.3, 0.4) is 0 Å². The highest BCUT2D eigenvalue weighted by Crippen LogP contribution is 2.29. The molecule has 0 unspecified atom stereocenters. The van der Waals surface area contributed by atoms with Gasteiger partial charge in [-0.15, -0.1) is 0 Å². The number of alkyl halides is 3. The second-order valence-electron chi connectivity index (χ2n) is 6.03. The Hall–Kier alpha value is -3.34. The molecule has 0 aliphatic carbocycles. The number of carbonyl (C=O) groups is 2. The first-order chi connectivity index (χ1) is 13.2. The third-order valence-corrected chi connectivity index (χ3v) is 3.96. The number of carbonyl (C=O) groups excluding carboxylic acids is 2. The number of amides is 1. The van der Waals surface area contributed by atoms with Crippen molar-refractivity contribution in [2.75, 3.05) is 7.11 Å². The summed E-state index contributed by atoms with van der Waals surface area (Å²) in [6, 6.07) is 11.9. The molecule has 1 amide bonds. The van der Waals surface area contributed by atoms with E-state index in [0.29, 0.717) is 11.1 Å². The SMILES string of the molecule is COC(=O)[C@@H](Cc1ccc(C#N)cc1)NC(=O)Cc1cccc(C(F)(F)F)c1. The minimum atomic E-state index is -4.50. The number of halogens is 3. The fourth-order valence-corrected chi connectivity index (χ4v) is 2.57. The van der Waals surface area contributed by atoms with Crippen molar-refractivity contribution >= 4 is 11.9 Å². The quantitative estimate of drug-likeness (QED) is 0.769. The minimum Gasteiger partial charge on any atom is -0.467 e. The number of rotatable bonds is 6. The smallest absolute Gasteiger partial charge is 0.416 e. The predicted molar refractivity (Wildman–Crippen MR) is 94.0 cm³/mol. The van der Waals surface area contributed by atoms with E-state index in [1.54, 1.807) is 24.3 Å². The van der Waals surface area contributed by atoms with Gasteiger partial charge in [-0.25, -0.2) is 4.79 Å². The first-order valence-electron chi connectivity index (χ1n) is 8.25. The Morgan fingerprint density at radius 3 is 2.39 bits per heavy atom. The monoisotopic (exact) mass is 390 g/mol. The lowest BCUT2D eigenvalue weighted by Gasteiger charge is -2.17. The Morgan fingerprint density at radius 2 is 1.82 bits per heavy atom. The summed E-state index contributed by atoms with van der Waals surface area (Å²) >= 11 is 0. The van der Waals surface area contributed by atoms with Gasteiger partial charge in [0.25, 0.3) is 0 Å². The number of ether oxygens (including phenoxy) is 1. The van der Waals surface area contributed by atoms with Crippen LogP contribution in [0.5, 0.6) is 0 Å². The number of benzene rings is 2. The summed E-state index contributed by atoms with van der Waals surface area (Å²) in [5.41, 5.74) is 0.468. The molecule has 0 saturated heterocycles. The van der Waals surface area contributed by atoms with E-state index in [9.17, 15) is 22.8 Å². The van der Waals surface area contributed by atoms with Crippen molar-refractivity contribution in [3.8, 4) is 6.07 Å². The highest BCUT2D eigenvalue weighted by atomic mass is 19.4. The first kappa shape index (κ1) is 21.0. The number of nitrogens with zero attached hydrogens (tertiary/aromatic N) is 1. The highest BCUT2D eigenvalue weighted by Gasteiger charge is 2.30. The zero-order valence-electron chi connectivity index (χ0n) is 14.9. The molecular weight excluding hydrogens is 373 g/mol. The number of hydrogen-bond donors (Lipinski definition) is 1. The summed E-state index contributed by atoms with van der Waals surface area (Å²) < 4.78 is 43.0. The molecular formula is C20H17F3N2O3. The number of nitriles is 1. The van der Waals surface area contributed by atoms with E-state index in [1.165, 1.54) is 19.2 Å². The van der Waals surface area contributed by atoms with Gasteiger partial charge in [-0.2, -0.15) is 18.4 Å². The third kappa shape index (κ3) is 5.84. The van der Waals surface area contributed by atoms with Gasteiger partial charge in [0.15, 0.2) is 0 Å². The van der Waals surface area contributed by atoms with E-state index < -0.39 is 29.7 Å². The predicted octanol–water partition coefficient (Wildman–Crippen LogP) is 3.02. The molecule has 0 aliphatic heterocycles. The van der Waals surface area contributed by atoms with E-state index in [-0.39, 0.29) is 18.4 Å². The van der Waals surface area contributed by atoms with Gasteiger partial charge in [-0.05, 0) is 29.3 Å². The van der Waals surface area contributed by atoms with E-state index in [2.05, 4.69) is 10.1 Å². The van der Waals surface area contributed by atoms with E-state index in [1.807, 2.05) is 6.07 Å². The van der Waals surface area contributed by atoms with Crippen LogP contribution < -0.4 is 5.32 Å². The summed E-state index contributed by atoms with van der Waals surface area (Å²) in [5, 5.41) is 11.3. The topological polar surface area (TPSA) is 79.2 Å². The Bertz CT molecular complexity index is 887.